The highest BCUT2D eigenvalue weighted by Gasteiger charge is 2.28. The van der Waals surface area contributed by atoms with E-state index < -0.39 is 9.84 Å². The van der Waals surface area contributed by atoms with Crippen LogP contribution in [0.15, 0.2) is 12.1 Å². The van der Waals surface area contributed by atoms with Gasteiger partial charge in [0.2, 0.25) is 0 Å². The normalized spacial score (nSPS) is 26.4. The van der Waals surface area contributed by atoms with E-state index in [0.717, 1.165) is 23.5 Å². The van der Waals surface area contributed by atoms with E-state index in [1.807, 2.05) is 19.1 Å². The first-order chi connectivity index (χ1) is 9.97. The highest BCUT2D eigenvalue weighted by atomic mass is 32.2. The maximum Gasteiger partial charge on any atom is 0.151 e. The highest BCUT2D eigenvalue weighted by Crippen LogP contribution is 2.35. The van der Waals surface area contributed by atoms with Crippen molar-refractivity contribution in [2.24, 2.45) is 0 Å². The van der Waals surface area contributed by atoms with E-state index in [2.05, 4.69) is 5.32 Å². The van der Waals surface area contributed by atoms with E-state index >= 15 is 0 Å². The van der Waals surface area contributed by atoms with Crippen molar-refractivity contribution < 1.29 is 17.9 Å². The van der Waals surface area contributed by atoms with Gasteiger partial charge in [0, 0.05) is 30.1 Å². The van der Waals surface area contributed by atoms with Gasteiger partial charge in [0.25, 0.3) is 0 Å². The summed E-state index contributed by atoms with van der Waals surface area (Å²) in [5.74, 6) is 2.26. The van der Waals surface area contributed by atoms with Gasteiger partial charge in [-0.15, -0.1) is 0 Å². The lowest BCUT2D eigenvalue weighted by Gasteiger charge is -2.14. The second-order valence-electron chi connectivity index (χ2n) is 5.89. The van der Waals surface area contributed by atoms with E-state index in [1.54, 1.807) is 7.11 Å². The summed E-state index contributed by atoms with van der Waals surface area (Å²) in [6.45, 7) is 2.64. The Balaban J connectivity index is 1.72. The first-order valence-electron chi connectivity index (χ1n) is 7.27. The molecule has 0 amide bonds. The van der Waals surface area contributed by atoms with Crippen molar-refractivity contribution in [1.29, 1.82) is 0 Å². The second-order valence-corrected chi connectivity index (χ2v) is 8.11. The summed E-state index contributed by atoms with van der Waals surface area (Å²) in [7, 11) is -1.19. The second kappa shape index (κ2) is 5.50. The molecular formula is C15H21NO4S. The predicted molar refractivity (Wildman–Crippen MR) is 80.7 cm³/mol. The first kappa shape index (κ1) is 14.7. The standard InChI is InChI=1S/C15H21NO4S/c1-10-5-11-6-14(19-2)12(7-15(11)20-10)8-16-13-3-4-21(17,18)9-13/h6-7,10,13,16H,3-5,8-9H2,1-2H3/t10-,13+/m0/s1. The van der Waals surface area contributed by atoms with Crippen LogP contribution in [0.3, 0.4) is 0 Å². The number of rotatable bonds is 4. The van der Waals surface area contributed by atoms with Crippen LogP contribution in [0.1, 0.15) is 24.5 Å². The van der Waals surface area contributed by atoms with Crippen molar-refractivity contribution in [3.8, 4) is 11.5 Å². The Labute approximate surface area is 125 Å². The van der Waals surface area contributed by atoms with Gasteiger partial charge in [0.05, 0.1) is 18.6 Å². The Bertz CT molecular complexity index is 641. The number of sulfone groups is 1. The van der Waals surface area contributed by atoms with Crippen LogP contribution < -0.4 is 14.8 Å². The topological polar surface area (TPSA) is 64.6 Å². The van der Waals surface area contributed by atoms with Gasteiger partial charge in [0.1, 0.15) is 17.6 Å². The molecule has 0 aromatic heterocycles. The molecule has 1 aromatic carbocycles. The van der Waals surface area contributed by atoms with E-state index in [0.29, 0.717) is 13.0 Å². The van der Waals surface area contributed by atoms with Crippen LogP contribution in [0.25, 0.3) is 0 Å². The summed E-state index contributed by atoms with van der Waals surface area (Å²) in [4.78, 5) is 0. The van der Waals surface area contributed by atoms with Crippen LogP contribution in [0.2, 0.25) is 0 Å². The van der Waals surface area contributed by atoms with Gasteiger partial charge in [0.15, 0.2) is 9.84 Å². The molecule has 1 N–H and O–H groups in total. The van der Waals surface area contributed by atoms with Crippen LogP contribution in [0.4, 0.5) is 0 Å². The van der Waals surface area contributed by atoms with Gasteiger partial charge >= 0.3 is 0 Å². The first-order valence-corrected chi connectivity index (χ1v) is 9.09. The van der Waals surface area contributed by atoms with Crippen LogP contribution >= 0.6 is 0 Å². The zero-order chi connectivity index (χ0) is 15.0. The van der Waals surface area contributed by atoms with Gasteiger partial charge in [-0.25, -0.2) is 8.42 Å². The molecule has 0 saturated carbocycles. The fourth-order valence-electron chi connectivity index (χ4n) is 3.02. The molecule has 1 saturated heterocycles. The third-order valence-corrected chi connectivity index (χ3v) is 5.88. The number of fused-ring (bicyclic) bond motifs is 1. The average molecular weight is 311 g/mol. The molecule has 2 aliphatic heterocycles. The zero-order valence-corrected chi connectivity index (χ0v) is 13.2. The number of hydrogen-bond acceptors (Lipinski definition) is 5. The summed E-state index contributed by atoms with van der Waals surface area (Å²) in [5, 5.41) is 3.32. The lowest BCUT2D eigenvalue weighted by atomic mass is 10.1. The molecule has 21 heavy (non-hydrogen) atoms. The third kappa shape index (κ3) is 3.16. The summed E-state index contributed by atoms with van der Waals surface area (Å²) in [6, 6.07) is 4.07. The number of ether oxygens (including phenoxy) is 2. The summed E-state index contributed by atoms with van der Waals surface area (Å²) >= 11 is 0. The van der Waals surface area contributed by atoms with Crippen molar-refractivity contribution >= 4 is 9.84 Å². The number of nitrogens with one attached hydrogen (secondary N) is 1. The Morgan fingerprint density at radius 3 is 2.90 bits per heavy atom. The minimum absolute atomic E-state index is 0.0350. The van der Waals surface area contributed by atoms with Crippen LogP contribution in [-0.4, -0.2) is 39.2 Å². The molecule has 1 fully saturated rings. The number of benzene rings is 1. The van der Waals surface area contributed by atoms with Crippen LogP contribution in [0.5, 0.6) is 11.5 Å². The molecule has 2 aliphatic rings. The summed E-state index contributed by atoms with van der Waals surface area (Å²) in [5.41, 5.74) is 2.18. The van der Waals surface area contributed by atoms with Gasteiger partial charge < -0.3 is 14.8 Å². The molecule has 2 atom stereocenters. The molecule has 0 unspecified atom stereocenters. The van der Waals surface area contributed by atoms with Crippen molar-refractivity contribution in [1.82, 2.24) is 5.32 Å². The lowest BCUT2D eigenvalue weighted by molar-refractivity contribution is 0.254. The predicted octanol–water partition coefficient (Wildman–Crippen LogP) is 1.30. The van der Waals surface area contributed by atoms with Gasteiger partial charge in [-0.2, -0.15) is 0 Å². The van der Waals surface area contributed by atoms with Crippen molar-refractivity contribution in [2.45, 2.75) is 38.5 Å². The minimum Gasteiger partial charge on any atom is -0.496 e. The Morgan fingerprint density at radius 1 is 1.43 bits per heavy atom. The maximum atomic E-state index is 11.5. The fraction of sp³-hybridized carbons (Fsp3) is 0.600. The SMILES string of the molecule is COc1cc2c(cc1CN[C@@H]1CCS(=O)(=O)C1)O[C@@H](C)C2. The smallest absolute Gasteiger partial charge is 0.151 e. The van der Waals surface area contributed by atoms with E-state index in [-0.39, 0.29) is 23.7 Å². The molecule has 2 heterocycles. The van der Waals surface area contributed by atoms with Crippen LogP contribution in [0, 0.1) is 0 Å². The summed E-state index contributed by atoms with van der Waals surface area (Å²) < 4.78 is 34.2. The minimum atomic E-state index is -2.85. The lowest BCUT2D eigenvalue weighted by Crippen LogP contribution is -2.29. The quantitative estimate of drug-likeness (QED) is 0.908. The van der Waals surface area contributed by atoms with Crippen molar-refractivity contribution in [3.63, 3.8) is 0 Å². The molecule has 0 aliphatic carbocycles. The van der Waals surface area contributed by atoms with E-state index in [1.165, 1.54) is 5.56 Å². The molecule has 3 rings (SSSR count). The Hall–Kier alpha value is -1.27. The third-order valence-electron chi connectivity index (χ3n) is 4.11. The van der Waals surface area contributed by atoms with Gasteiger partial charge in [-0.3, -0.25) is 0 Å². The van der Waals surface area contributed by atoms with E-state index in [9.17, 15) is 8.42 Å². The number of methoxy groups -OCH3 is 1. The fourth-order valence-corrected chi connectivity index (χ4v) is 4.73. The Kier molecular flexibility index (Phi) is 3.84. The molecule has 0 radical (unpaired) electrons. The molecular weight excluding hydrogens is 290 g/mol. The van der Waals surface area contributed by atoms with Gasteiger partial charge in [-0.1, -0.05) is 0 Å². The van der Waals surface area contributed by atoms with E-state index in [4.69, 9.17) is 9.47 Å². The summed E-state index contributed by atoms with van der Waals surface area (Å²) in [6.07, 6.45) is 1.79. The van der Waals surface area contributed by atoms with Crippen molar-refractivity contribution in [3.05, 3.63) is 23.3 Å². The molecule has 116 valence electrons. The molecule has 6 heteroatoms. The molecule has 1 aromatic rings. The zero-order valence-electron chi connectivity index (χ0n) is 12.4. The average Bonchev–Trinajstić information content (AvgIpc) is 2.95. The molecule has 0 spiro atoms. The van der Waals surface area contributed by atoms with Crippen LogP contribution in [-0.2, 0) is 22.8 Å². The van der Waals surface area contributed by atoms with Gasteiger partial charge in [-0.05, 0) is 25.5 Å². The Morgan fingerprint density at radius 2 is 2.24 bits per heavy atom. The van der Waals surface area contributed by atoms with Crippen molar-refractivity contribution in [2.75, 3.05) is 18.6 Å². The maximum absolute atomic E-state index is 11.5. The highest BCUT2D eigenvalue weighted by molar-refractivity contribution is 7.91. The largest absolute Gasteiger partial charge is 0.496 e. The number of hydrogen-bond donors (Lipinski definition) is 1. The molecule has 0 bridgehead atoms. The monoisotopic (exact) mass is 311 g/mol. The molecule has 5 nitrogen and oxygen atoms in total.